The molecule has 1 amide bonds. The first-order chi connectivity index (χ1) is 15.6. The molecule has 1 atom stereocenters. The van der Waals surface area contributed by atoms with E-state index in [9.17, 15) is 14.7 Å². The minimum atomic E-state index is -0.743. The van der Waals surface area contributed by atoms with E-state index in [0.29, 0.717) is 31.8 Å². The van der Waals surface area contributed by atoms with Crippen LogP contribution in [-0.2, 0) is 9.53 Å². The molecule has 0 saturated carbocycles. The first-order valence-corrected chi connectivity index (χ1v) is 12.2. The molecule has 2 fully saturated rings. The molecular formula is C26H37N3O4. The lowest BCUT2D eigenvalue weighted by Crippen LogP contribution is -2.52. The molecule has 3 heterocycles. The van der Waals surface area contributed by atoms with Gasteiger partial charge in [0.1, 0.15) is 11.6 Å². The third kappa shape index (κ3) is 5.18. The zero-order chi connectivity index (χ0) is 23.8. The molecule has 0 radical (unpaired) electrons. The molecule has 0 aliphatic carbocycles. The number of fused-ring (bicyclic) bond motifs is 1. The van der Waals surface area contributed by atoms with Crippen molar-refractivity contribution < 1.29 is 19.4 Å². The molecule has 7 heteroatoms. The van der Waals surface area contributed by atoms with Crippen molar-refractivity contribution in [2.75, 3.05) is 26.2 Å². The number of nitrogens with zero attached hydrogens (tertiary/aromatic N) is 2. The molecule has 4 rings (SSSR count). The number of aliphatic carboxylic acids is 1. The molecule has 1 aromatic heterocycles. The fourth-order valence-corrected chi connectivity index (χ4v) is 5.67. The fraction of sp³-hybridized carbons (Fsp3) is 0.615. The summed E-state index contributed by atoms with van der Waals surface area (Å²) in [6.07, 6.45) is 3.00. The predicted molar refractivity (Wildman–Crippen MR) is 129 cm³/mol. The van der Waals surface area contributed by atoms with Crippen LogP contribution in [0.25, 0.3) is 10.9 Å². The molecule has 1 aromatic carbocycles. The van der Waals surface area contributed by atoms with E-state index in [4.69, 9.17) is 4.74 Å². The van der Waals surface area contributed by atoms with Crippen LogP contribution in [0, 0.1) is 12.8 Å². The Morgan fingerprint density at radius 3 is 2.30 bits per heavy atom. The molecule has 0 bridgehead atoms. The van der Waals surface area contributed by atoms with Crippen LogP contribution in [0.4, 0.5) is 4.79 Å². The van der Waals surface area contributed by atoms with E-state index in [1.54, 1.807) is 4.90 Å². The van der Waals surface area contributed by atoms with Gasteiger partial charge in [0, 0.05) is 29.7 Å². The van der Waals surface area contributed by atoms with Crippen LogP contribution in [0.2, 0.25) is 0 Å². The molecule has 2 aliphatic heterocycles. The zero-order valence-electron chi connectivity index (χ0n) is 20.3. The van der Waals surface area contributed by atoms with E-state index >= 15 is 0 Å². The zero-order valence-corrected chi connectivity index (χ0v) is 20.3. The Morgan fingerprint density at radius 1 is 1.06 bits per heavy atom. The highest BCUT2D eigenvalue weighted by molar-refractivity contribution is 5.85. The number of carbonyl (C=O) groups is 2. The number of carbonyl (C=O) groups excluding carboxylic acids is 1. The molecular weight excluding hydrogens is 418 g/mol. The number of benzene rings is 1. The molecule has 2 N–H and O–H groups in total. The summed E-state index contributed by atoms with van der Waals surface area (Å²) in [7, 11) is 0. The highest BCUT2D eigenvalue weighted by Gasteiger charge is 2.39. The maximum atomic E-state index is 12.4. The van der Waals surface area contributed by atoms with Gasteiger partial charge in [0.25, 0.3) is 0 Å². The molecule has 7 nitrogen and oxygen atoms in total. The number of ether oxygens (including phenoxy) is 1. The van der Waals surface area contributed by atoms with Crippen molar-refractivity contribution in [2.24, 2.45) is 5.92 Å². The Balaban J connectivity index is 1.38. The number of para-hydroxylation sites is 1. The van der Waals surface area contributed by atoms with Crippen molar-refractivity contribution in [1.82, 2.24) is 14.8 Å². The van der Waals surface area contributed by atoms with Gasteiger partial charge in [-0.05, 0) is 89.9 Å². The van der Waals surface area contributed by atoms with Gasteiger partial charge in [-0.25, -0.2) is 4.79 Å². The van der Waals surface area contributed by atoms with Crippen LogP contribution >= 0.6 is 0 Å². The topological polar surface area (TPSA) is 85.9 Å². The predicted octanol–water partition coefficient (Wildman–Crippen LogP) is 4.76. The van der Waals surface area contributed by atoms with Crippen molar-refractivity contribution in [1.29, 1.82) is 0 Å². The van der Waals surface area contributed by atoms with Crippen molar-refractivity contribution in [3.8, 4) is 0 Å². The number of likely N-dealkylation sites (tertiary alicyclic amines) is 2. The van der Waals surface area contributed by atoms with Crippen LogP contribution in [0.3, 0.4) is 0 Å². The number of aryl methyl sites for hydroxylation is 1. The highest BCUT2D eigenvalue weighted by atomic mass is 16.6. The van der Waals surface area contributed by atoms with Gasteiger partial charge in [0.2, 0.25) is 0 Å². The van der Waals surface area contributed by atoms with Crippen molar-refractivity contribution in [2.45, 2.75) is 70.9 Å². The summed E-state index contributed by atoms with van der Waals surface area (Å²) >= 11 is 0. The molecule has 33 heavy (non-hydrogen) atoms. The van der Waals surface area contributed by atoms with E-state index in [1.165, 1.54) is 22.2 Å². The largest absolute Gasteiger partial charge is 0.480 e. The minimum absolute atomic E-state index is 0.0487. The quantitative estimate of drug-likeness (QED) is 0.694. The molecule has 1 unspecified atom stereocenters. The number of amides is 1. The standard InChI is InChI=1S/C26H37N3O4/c1-17-22(20-7-5-6-8-21(20)27-17)18-9-13-28(14-10-18)23(24(30)31)19-11-15-29(16-12-19)25(32)33-26(2,3)4/h5-8,18-19,23,27H,9-16H2,1-4H3,(H,30,31). The van der Waals surface area contributed by atoms with Gasteiger partial charge in [-0.15, -0.1) is 0 Å². The monoisotopic (exact) mass is 455 g/mol. The maximum absolute atomic E-state index is 12.4. The molecule has 180 valence electrons. The lowest BCUT2D eigenvalue weighted by atomic mass is 9.84. The highest BCUT2D eigenvalue weighted by Crippen LogP contribution is 2.37. The molecule has 0 spiro atoms. The van der Waals surface area contributed by atoms with Crippen LogP contribution in [0.15, 0.2) is 24.3 Å². The number of rotatable bonds is 4. The number of carboxylic acids is 1. The summed E-state index contributed by atoms with van der Waals surface area (Å²) in [4.78, 5) is 32.0. The second-order valence-electron chi connectivity index (χ2n) is 10.6. The van der Waals surface area contributed by atoms with Crippen molar-refractivity contribution in [3.63, 3.8) is 0 Å². The van der Waals surface area contributed by atoms with Crippen molar-refractivity contribution in [3.05, 3.63) is 35.5 Å². The summed E-state index contributed by atoms with van der Waals surface area (Å²) in [5, 5.41) is 11.4. The first kappa shape index (κ1) is 23.6. The summed E-state index contributed by atoms with van der Waals surface area (Å²) in [6, 6.07) is 7.94. The van der Waals surface area contributed by atoms with E-state index in [-0.39, 0.29) is 12.0 Å². The number of nitrogens with one attached hydrogen (secondary N) is 1. The molecule has 2 aromatic rings. The number of carboxylic acid groups (broad SMARTS) is 1. The van der Waals surface area contributed by atoms with Gasteiger partial charge in [-0.2, -0.15) is 0 Å². The summed E-state index contributed by atoms with van der Waals surface area (Å²) in [5.74, 6) is -0.249. The van der Waals surface area contributed by atoms with E-state index < -0.39 is 17.6 Å². The number of hydrogen-bond donors (Lipinski definition) is 2. The Morgan fingerprint density at radius 2 is 1.70 bits per heavy atom. The number of hydrogen-bond acceptors (Lipinski definition) is 4. The van der Waals surface area contributed by atoms with Gasteiger partial charge in [-0.3, -0.25) is 9.69 Å². The van der Waals surface area contributed by atoms with Crippen LogP contribution in [0.1, 0.15) is 63.6 Å². The van der Waals surface area contributed by atoms with Gasteiger partial charge < -0.3 is 19.7 Å². The third-order valence-corrected chi connectivity index (χ3v) is 7.17. The van der Waals surface area contributed by atoms with Gasteiger partial charge in [0.15, 0.2) is 0 Å². The number of aromatic nitrogens is 1. The Kier molecular flexibility index (Phi) is 6.71. The molecule has 2 aliphatic rings. The number of aromatic amines is 1. The SMILES string of the molecule is Cc1[nH]c2ccccc2c1C1CCN(C(C(=O)O)C2CCN(C(=O)OC(C)(C)C)CC2)CC1. The van der Waals surface area contributed by atoms with Gasteiger partial charge in [-0.1, -0.05) is 18.2 Å². The fourth-order valence-electron chi connectivity index (χ4n) is 5.67. The number of piperidine rings is 2. The van der Waals surface area contributed by atoms with Crippen molar-refractivity contribution >= 4 is 23.0 Å². The normalized spacial score (nSPS) is 20.2. The Bertz CT molecular complexity index is 993. The second kappa shape index (κ2) is 9.37. The average molecular weight is 456 g/mol. The summed E-state index contributed by atoms with van der Waals surface area (Å²) in [5.41, 5.74) is 3.26. The van der Waals surface area contributed by atoms with E-state index in [2.05, 4.69) is 41.1 Å². The van der Waals surface area contributed by atoms with Crippen LogP contribution in [-0.4, -0.2) is 69.8 Å². The summed E-state index contributed by atoms with van der Waals surface area (Å²) in [6.45, 7) is 10.4. The van der Waals surface area contributed by atoms with Gasteiger partial charge in [0.05, 0.1) is 0 Å². The minimum Gasteiger partial charge on any atom is -0.480 e. The number of H-pyrrole nitrogens is 1. The van der Waals surface area contributed by atoms with E-state index in [1.807, 2.05) is 20.8 Å². The van der Waals surface area contributed by atoms with Gasteiger partial charge >= 0.3 is 12.1 Å². The van der Waals surface area contributed by atoms with Crippen LogP contribution in [0.5, 0.6) is 0 Å². The Hall–Kier alpha value is -2.54. The third-order valence-electron chi connectivity index (χ3n) is 7.17. The van der Waals surface area contributed by atoms with Crippen LogP contribution < -0.4 is 0 Å². The second-order valence-corrected chi connectivity index (χ2v) is 10.6. The van der Waals surface area contributed by atoms with E-state index in [0.717, 1.165) is 25.9 Å². The lowest BCUT2D eigenvalue weighted by molar-refractivity contribution is -0.147. The average Bonchev–Trinajstić information content (AvgIpc) is 3.09. The molecule has 2 saturated heterocycles. The lowest BCUT2D eigenvalue weighted by Gasteiger charge is -2.42. The summed E-state index contributed by atoms with van der Waals surface area (Å²) < 4.78 is 5.48. The maximum Gasteiger partial charge on any atom is 0.410 e. The Labute approximate surface area is 196 Å². The smallest absolute Gasteiger partial charge is 0.410 e. The first-order valence-electron chi connectivity index (χ1n) is 12.2.